The predicted molar refractivity (Wildman–Crippen MR) is 104 cm³/mol. The summed E-state index contributed by atoms with van der Waals surface area (Å²) in [4.78, 5) is 28.3. The van der Waals surface area contributed by atoms with Crippen LogP contribution < -0.4 is 11.1 Å². The Morgan fingerprint density at radius 1 is 1.24 bits per heavy atom. The second-order valence-corrected chi connectivity index (χ2v) is 7.33. The number of urea groups is 1. The molecule has 3 rings (SSSR count). The Morgan fingerprint density at radius 2 is 1.83 bits per heavy atom. The van der Waals surface area contributed by atoms with E-state index in [-0.39, 0.29) is 6.03 Å². The van der Waals surface area contributed by atoms with Gasteiger partial charge in [-0.05, 0) is 30.9 Å². The van der Waals surface area contributed by atoms with Crippen LogP contribution in [0.5, 0.6) is 0 Å². The third kappa shape index (κ3) is 7.02. The maximum absolute atomic E-state index is 12.3. The molecule has 0 saturated carbocycles. The molecule has 11 heteroatoms. The molecule has 0 unspecified atom stereocenters. The minimum Gasteiger partial charge on any atom is -0.475 e. The molecule has 0 atom stereocenters. The molecule has 1 fully saturated rings. The number of carboxylic acid groups (broad SMARTS) is 1. The molecular weight excluding hydrogens is 409 g/mol. The molecule has 29 heavy (non-hydrogen) atoms. The van der Waals surface area contributed by atoms with Gasteiger partial charge in [-0.15, -0.1) is 0 Å². The summed E-state index contributed by atoms with van der Waals surface area (Å²) in [6.45, 7) is 2.25. The van der Waals surface area contributed by atoms with Gasteiger partial charge in [-0.1, -0.05) is 41.7 Å². The highest BCUT2D eigenvalue weighted by atomic mass is 32.1. The van der Waals surface area contributed by atoms with Crippen LogP contribution in [0.2, 0.25) is 0 Å². The molecule has 4 N–H and O–H groups in total. The fraction of sp³-hybridized carbons (Fsp3) is 0.389. The number of rotatable bonds is 3. The van der Waals surface area contributed by atoms with Gasteiger partial charge >= 0.3 is 18.2 Å². The van der Waals surface area contributed by atoms with Crippen molar-refractivity contribution >= 4 is 28.5 Å². The lowest BCUT2D eigenvalue weighted by atomic mass is 9.97. The lowest BCUT2D eigenvalue weighted by molar-refractivity contribution is -0.192. The summed E-state index contributed by atoms with van der Waals surface area (Å²) >= 11 is 1.49. The van der Waals surface area contributed by atoms with E-state index in [4.69, 9.17) is 15.6 Å². The van der Waals surface area contributed by atoms with Crippen molar-refractivity contribution < 1.29 is 27.9 Å². The molecular formula is C18H21F3N4O3S. The average Bonchev–Trinajstić information content (AvgIpc) is 3.17. The summed E-state index contributed by atoms with van der Waals surface area (Å²) in [7, 11) is 0. The maximum atomic E-state index is 12.3. The number of piperidine rings is 1. The van der Waals surface area contributed by atoms with Crippen molar-refractivity contribution in [2.45, 2.75) is 19.0 Å². The highest BCUT2D eigenvalue weighted by Crippen LogP contribution is 2.29. The number of nitrogens with two attached hydrogens (primary N) is 1. The van der Waals surface area contributed by atoms with Crippen LogP contribution in [0, 0.1) is 5.92 Å². The fourth-order valence-electron chi connectivity index (χ4n) is 2.61. The number of hydrogen-bond acceptors (Lipinski definition) is 5. The van der Waals surface area contributed by atoms with E-state index in [2.05, 4.69) is 10.3 Å². The number of nitrogens with zero attached hydrogens (tertiary/aromatic N) is 2. The normalized spacial score (nSPS) is 14.7. The van der Waals surface area contributed by atoms with Crippen LogP contribution in [-0.2, 0) is 4.79 Å². The van der Waals surface area contributed by atoms with E-state index in [1.807, 2.05) is 35.2 Å². The third-order valence-electron chi connectivity index (χ3n) is 4.26. The maximum Gasteiger partial charge on any atom is 0.490 e. The highest BCUT2D eigenvalue weighted by molar-refractivity contribution is 7.19. The van der Waals surface area contributed by atoms with Gasteiger partial charge in [-0.2, -0.15) is 13.2 Å². The summed E-state index contributed by atoms with van der Waals surface area (Å²) in [6, 6.07) is 9.99. The second kappa shape index (κ2) is 10.2. The van der Waals surface area contributed by atoms with Crippen molar-refractivity contribution in [2.24, 2.45) is 11.7 Å². The number of anilines is 1. The minimum atomic E-state index is -5.08. The predicted octanol–water partition coefficient (Wildman–Crippen LogP) is 3.65. The van der Waals surface area contributed by atoms with Crippen molar-refractivity contribution in [3.8, 4) is 10.4 Å². The zero-order valence-electron chi connectivity index (χ0n) is 15.4. The number of likely N-dealkylation sites (tertiary alicyclic amines) is 1. The highest BCUT2D eigenvalue weighted by Gasteiger charge is 2.38. The number of carbonyl (C=O) groups is 2. The number of carbonyl (C=O) groups excluding carboxylic acids is 1. The molecule has 1 aliphatic heterocycles. The Labute approximate surface area is 169 Å². The Kier molecular flexibility index (Phi) is 7.97. The van der Waals surface area contributed by atoms with Crippen LogP contribution in [0.25, 0.3) is 10.4 Å². The first-order valence-corrected chi connectivity index (χ1v) is 9.59. The number of thiazole rings is 1. The molecule has 0 radical (unpaired) electrons. The Balaban J connectivity index is 0.000000370. The number of nitrogens with one attached hydrogen (secondary N) is 1. The summed E-state index contributed by atoms with van der Waals surface area (Å²) in [6.07, 6.45) is -1.32. The van der Waals surface area contributed by atoms with Crippen molar-refractivity contribution in [1.82, 2.24) is 9.88 Å². The fourth-order valence-corrected chi connectivity index (χ4v) is 3.42. The van der Waals surface area contributed by atoms with E-state index < -0.39 is 12.1 Å². The van der Waals surface area contributed by atoms with E-state index >= 15 is 0 Å². The number of hydrogen-bond donors (Lipinski definition) is 3. The molecule has 1 aromatic heterocycles. The summed E-state index contributed by atoms with van der Waals surface area (Å²) in [5, 5.41) is 10.7. The summed E-state index contributed by atoms with van der Waals surface area (Å²) in [5.41, 5.74) is 6.79. The largest absolute Gasteiger partial charge is 0.490 e. The van der Waals surface area contributed by atoms with Crippen molar-refractivity contribution in [1.29, 1.82) is 0 Å². The van der Waals surface area contributed by atoms with E-state index in [1.54, 1.807) is 6.20 Å². The van der Waals surface area contributed by atoms with Gasteiger partial charge in [-0.25, -0.2) is 14.6 Å². The lowest BCUT2D eigenvalue weighted by Crippen LogP contribution is -2.42. The first kappa shape index (κ1) is 22.6. The molecule has 0 aliphatic carbocycles. The molecule has 7 nitrogen and oxygen atoms in total. The quantitative estimate of drug-likeness (QED) is 0.689. The first-order chi connectivity index (χ1) is 13.7. The molecule has 2 heterocycles. The van der Waals surface area contributed by atoms with Crippen LogP contribution in [0.15, 0.2) is 36.5 Å². The Morgan fingerprint density at radius 3 is 2.34 bits per heavy atom. The third-order valence-corrected chi connectivity index (χ3v) is 5.22. The van der Waals surface area contributed by atoms with Gasteiger partial charge in [-0.3, -0.25) is 5.32 Å². The van der Waals surface area contributed by atoms with Crippen molar-refractivity contribution in [3.63, 3.8) is 0 Å². The Hall–Kier alpha value is -2.66. The van der Waals surface area contributed by atoms with E-state index in [9.17, 15) is 18.0 Å². The SMILES string of the molecule is NCC1CCN(C(=O)Nc2ncc(-c3ccccc3)s2)CC1.O=C(O)C(F)(F)F. The number of halogens is 3. The molecule has 0 bridgehead atoms. The van der Waals surface area contributed by atoms with Gasteiger partial charge in [0.05, 0.1) is 4.88 Å². The molecule has 2 amide bonds. The molecule has 1 aromatic carbocycles. The average molecular weight is 430 g/mol. The summed E-state index contributed by atoms with van der Waals surface area (Å²) in [5.74, 6) is -2.21. The van der Waals surface area contributed by atoms with Crippen LogP contribution in [-0.4, -0.2) is 52.8 Å². The molecule has 158 valence electrons. The zero-order chi connectivity index (χ0) is 21.4. The number of aromatic nitrogens is 1. The monoisotopic (exact) mass is 430 g/mol. The molecule has 1 saturated heterocycles. The van der Waals surface area contributed by atoms with Gasteiger partial charge in [0, 0.05) is 19.3 Å². The smallest absolute Gasteiger partial charge is 0.475 e. The van der Waals surface area contributed by atoms with E-state index in [1.165, 1.54) is 11.3 Å². The number of aliphatic carboxylic acids is 1. The second-order valence-electron chi connectivity index (χ2n) is 6.29. The van der Waals surface area contributed by atoms with Gasteiger partial charge < -0.3 is 15.7 Å². The molecule has 1 aliphatic rings. The standard InChI is InChI=1S/C16H20N4OS.C2HF3O2/c17-10-12-6-8-20(9-7-12)16(21)19-15-18-11-14(22-15)13-4-2-1-3-5-13;3-2(4,5)1(6)7/h1-5,11-12H,6-10,17H2,(H,18,19,21);(H,6,7). The zero-order valence-corrected chi connectivity index (χ0v) is 16.2. The molecule has 0 spiro atoms. The number of benzene rings is 1. The number of alkyl halides is 3. The van der Waals surface area contributed by atoms with E-state index in [0.29, 0.717) is 17.6 Å². The van der Waals surface area contributed by atoms with Crippen LogP contribution in [0.4, 0.5) is 23.1 Å². The van der Waals surface area contributed by atoms with Crippen LogP contribution in [0.1, 0.15) is 12.8 Å². The van der Waals surface area contributed by atoms with Gasteiger partial charge in [0.1, 0.15) is 0 Å². The van der Waals surface area contributed by atoms with Crippen LogP contribution in [0.3, 0.4) is 0 Å². The van der Waals surface area contributed by atoms with Crippen LogP contribution >= 0.6 is 11.3 Å². The van der Waals surface area contributed by atoms with Gasteiger partial charge in [0.25, 0.3) is 0 Å². The number of carboxylic acids is 1. The van der Waals surface area contributed by atoms with Crippen molar-refractivity contribution in [2.75, 3.05) is 25.0 Å². The Bertz CT molecular complexity index is 806. The van der Waals surface area contributed by atoms with Gasteiger partial charge in [0.2, 0.25) is 0 Å². The topological polar surface area (TPSA) is 109 Å². The molecule has 2 aromatic rings. The van der Waals surface area contributed by atoms with E-state index in [0.717, 1.165) is 36.4 Å². The number of amides is 2. The minimum absolute atomic E-state index is 0.0653. The van der Waals surface area contributed by atoms with Gasteiger partial charge in [0.15, 0.2) is 5.13 Å². The summed E-state index contributed by atoms with van der Waals surface area (Å²) < 4.78 is 31.7. The first-order valence-electron chi connectivity index (χ1n) is 8.78. The lowest BCUT2D eigenvalue weighted by Gasteiger charge is -2.31. The van der Waals surface area contributed by atoms with Crippen molar-refractivity contribution in [3.05, 3.63) is 36.5 Å².